The highest BCUT2D eigenvalue weighted by atomic mass is 35.5. The fourth-order valence-electron chi connectivity index (χ4n) is 1.62. The second kappa shape index (κ2) is 6.30. The van der Waals surface area contributed by atoms with E-state index in [9.17, 15) is 4.79 Å². The molecule has 0 aromatic carbocycles. The summed E-state index contributed by atoms with van der Waals surface area (Å²) in [6.07, 6.45) is 3.99. The average molecular weight is 235 g/mol. The molecule has 15 heavy (non-hydrogen) atoms. The van der Waals surface area contributed by atoms with Crippen LogP contribution in [0.25, 0.3) is 0 Å². The summed E-state index contributed by atoms with van der Waals surface area (Å²) in [4.78, 5) is 11.3. The van der Waals surface area contributed by atoms with E-state index in [4.69, 9.17) is 4.74 Å². The molecule has 0 radical (unpaired) electrons. The third kappa shape index (κ3) is 4.82. The molecule has 1 saturated carbocycles. The molecule has 5 heteroatoms. The van der Waals surface area contributed by atoms with Gasteiger partial charge in [-0.25, -0.2) is 0 Å². The topological polar surface area (TPSA) is 50.4 Å². The summed E-state index contributed by atoms with van der Waals surface area (Å²) in [5.41, 5.74) is 0. The summed E-state index contributed by atoms with van der Waals surface area (Å²) in [6.45, 7) is 2.59. The molecule has 0 aromatic rings. The Balaban J connectivity index is 0.00000112. The molecular weight excluding hydrogens is 216 g/mol. The van der Waals surface area contributed by atoms with E-state index in [1.807, 2.05) is 0 Å². The predicted octanol–water partition coefficient (Wildman–Crippen LogP) is 0.455. The van der Waals surface area contributed by atoms with Crippen LogP contribution in [0.2, 0.25) is 0 Å². The lowest BCUT2D eigenvalue weighted by Crippen LogP contribution is -2.39. The number of rotatable bonds is 4. The van der Waals surface area contributed by atoms with Gasteiger partial charge in [-0.3, -0.25) is 4.79 Å². The fraction of sp³-hybridized carbons (Fsp3) is 0.900. The standard InChI is InChI=1S/C10H18N2O2.ClH/c13-10(12-8-1-2-8)4-3-9-7-11-5-6-14-9;/h8-9,11H,1-7H2,(H,12,13);1H. The first-order valence-corrected chi connectivity index (χ1v) is 5.46. The molecule has 1 unspecified atom stereocenters. The SMILES string of the molecule is Cl.O=C(CCC1CNCCO1)NC1CC1. The van der Waals surface area contributed by atoms with Crippen molar-refractivity contribution in [3.63, 3.8) is 0 Å². The van der Waals surface area contributed by atoms with Crippen LogP contribution < -0.4 is 10.6 Å². The first-order valence-electron chi connectivity index (χ1n) is 5.46. The number of carbonyl (C=O) groups is 1. The molecule has 1 atom stereocenters. The molecule has 1 saturated heterocycles. The van der Waals surface area contributed by atoms with Gasteiger partial charge in [-0.15, -0.1) is 12.4 Å². The summed E-state index contributed by atoms with van der Waals surface area (Å²) in [5.74, 6) is 0.182. The van der Waals surface area contributed by atoms with Crippen LogP contribution in [0.15, 0.2) is 0 Å². The van der Waals surface area contributed by atoms with Gasteiger partial charge >= 0.3 is 0 Å². The molecule has 2 fully saturated rings. The number of hydrogen-bond donors (Lipinski definition) is 2. The van der Waals surface area contributed by atoms with Crippen molar-refractivity contribution in [2.75, 3.05) is 19.7 Å². The molecule has 1 amide bonds. The average Bonchev–Trinajstić information content (AvgIpc) is 3.00. The molecule has 2 rings (SSSR count). The zero-order chi connectivity index (χ0) is 9.80. The van der Waals surface area contributed by atoms with Crippen molar-refractivity contribution < 1.29 is 9.53 Å². The quantitative estimate of drug-likeness (QED) is 0.743. The van der Waals surface area contributed by atoms with Crippen LogP contribution in [0.1, 0.15) is 25.7 Å². The summed E-state index contributed by atoms with van der Waals surface area (Å²) < 4.78 is 5.51. The van der Waals surface area contributed by atoms with Crippen molar-refractivity contribution in [1.82, 2.24) is 10.6 Å². The lowest BCUT2D eigenvalue weighted by molar-refractivity contribution is -0.122. The van der Waals surface area contributed by atoms with Crippen LogP contribution in [0.4, 0.5) is 0 Å². The maximum absolute atomic E-state index is 11.3. The van der Waals surface area contributed by atoms with E-state index in [2.05, 4.69) is 10.6 Å². The molecule has 88 valence electrons. The number of morpholine rings is 1. The monoisotopic (exact) mass is 234 g/mol. The number of hydrogen-bond acceptors (Lipinski definition) is 3. The van der Waals surface area contributed by atoms with Gasteiger partial charge in [0.1, 0.15) is 0 Å². The highest BCUT2D eigenvalue weighted by Gasteiger charge is 2.23. The smallest absolute Gasteiger partial charge is 0.220 e. The van der Waals surface area contributed by atoms with Gasteiger partial charge in [-0.05, 0) is 19.3 Å². The van der Waals surface area contributed by atoms with Gasteiger partial charge in [0.25, 0.3) is 0 Å². The first-order chi connectivity index (χ1) is 6.84. The Hall–Kier alpha value is -0.320. The van der Waals surface area contributed by atoms with E-state index in [1.165, 1.54) is 0 Å². The molecule has 0 bridgehead atoms. The normalized spacial score (nSPS) is 25.5. The molecule has 1 aliphatic heterocycles. The maximum atomic E-state index is 11.3. The van der Waals surface area contributed by atoms with E-state index in [0.717, 1.165) is 39.0 Å². The molecule has 1 aliphatic carbocycles. The van der Waals surface area contributed by atoms with Gasteiger partial charge in [0.15, 0.2) is 0 Å². The van der Waals surface area contributed by atoms with Crippen LogP contribution in [0, 0.1) is 0 Å². The number of ether oxygens (including phenoxy) is 1. The summed E-state index contributed by atoms with van der Waals surface area (Å²) in [7, 11) is 0. The molecule has 2 N–H and O–H groups in total. The minimum atomic E-state index is 0. The Morgan fingerprint density at radius 2 is 2.27 bits per heavy atom. The van der Waals surface area contributed by atoms with Gasteiger partial charge in [0, 0.05) is 25.6 Å². The van der Waals surface area contributed by atoms with Gasteiger partial charge in [-0.1, -0.05) is 0 Å². The van der Waals surface area contributed by atoms with Gasteiger partial charge in [0.2, 0.25) is 5.91 Å². The number of nitrogens with one attached hydrogen (secondary N) is 2. The van der Waals surface area contributed by atoms with Crippen LogP contribution in [-0.2, 0) is 9.53 Å². The van der Waals surface area contributed by atoms with Gasteiger partial charge < -0.3 is 15.4 Å². The van der Waals surface area contributed by atoms with Crippen molar-refractivity contribution in [3.05, 3.63) is 0 Å². The Bertz CT molecular complexity index is 204. The number of halogens is 1. The van der Waals surface area contributed by atoms with Crippen molar-refractivity contribution in [3.8, 4) is 0 Å². The van der Waals surface area contributed by atoms with Crippen LogP contribution >= 0.6 is 12.4 Å². The zero-order valence-corrected chi connectivity index (χ0v) is 9.65. The van der Waals surface area contributed by atoms with Crippen molar-refractivity contribution >= 4 is 18.3 Å². The lowest BCUT2D eigenvalue weighted by Gasteiger charge is -2.23. The van der Waals surface area contributed by atoms with E-state index >= 15 is 0 Å². The van der Waals surface area contributed by atoms with Crippen LogP contribution in [0.5, 0.6) is 0 Å². The first kappa shape index (κ1) is 12.7. The molecule has 0 aromatic heterocycles. The number of carbonyl (C=O) groups excluding carboxylic acids is 1. The third-order valence-corrected chi connectivity index (χ3v) is 2.64. The second-order valence-corrected chi connectivity index (χ2v) is 4.08. The zero-order valence-electron chi connectivity index (χ0n) is 8.83. The summed E-state index contributed by atoms with van der Waals surface area (Å²) in [6, 6.07) is 0.480. The van der Waals surface area contributed by atoms with E-state index in [-0.39, 0.29) is 24.4 Å². The van der Waals surface area contributed by atoms with Gasteiger partial charge in [0.05, 0.1) is 12.7 Å². The van der Waals surface area contributed by atoms with E-state index in [0.29, 0.717) is 12.5 Å². The maximum Gasteiger partial charge on any atom is 0.220 e. The minimum absolute atomic E-state index is 0. The van der Waals surface area contributed by atoms with Crippen molar-refractivity contribution in [2.45, 2.75) is 37.8 Å². The highest BCUT2D eigenvalue weighted by molar-refractivity contribution is 5.85. The predicted molar refractivity (Wildman–Crippen MR) is 60.3 cm³/mol. The Kier molecular flexibility index (Phi) is 5.36. The fourth-order valence-corrected chi connectivity index (χ4v) is 1.62. The highest BCUT2D eigenvalue weighted by Crippen LogP contribution is 2.18. The molecule has 2 aliphatic rings. The third-order valence-electron chi connectivity index (χ3n) is 2.64. The van der Waals surface area contributed by atoms with Crippen molar-refractivity contribution in [2.24, 2.45) is 0 Å². The van der Waals surface area contributed by atoms with Crippen molar-refractivity contribution in [1.29, 1.82) is 0 Å². The molecule has 1 heterocycles. The summed E-state index contributed by atoms with van der Waals surface area (Å²) >= 11 is 0. The molecule has 0 spiro atoms. The lowest BCUT2D eigenvalue weighted by atomic mass is 10.1. The van der Waals surface area contributed by atoms with E-state index < -0.39 is 0 Å². The number of amides is 1. The van der Waals surface area contributed by atoms with E-state index in [1.54, 1.807) is 0 Å². The van der Waals surface area contributed by atoms with Crippen LogP contribution in [0.3, 0.4) is 0 Å². The summed E-state index contributed by atoms with van der Waals surface area (Å²) in [5, 5.41) is 6.23. The Morgan fingerprint density at radius 3 is 2.87 bits per heavy atom. The Morgan fingerprint density at radius 1 is 1.47 bits per heavy atom. The largest absolute Gasteiger partial charge is 0.376 e. The second-order valence-electron chi connectivity index (χ2n) is 4.08. The minimum Gasteiger partial charge on any atom is -0.376 e. The van der Waals surface area contributed by atoms with Crippen LogP contribution in [-0.4, -0.2) is 37.7 Å². The molecular formula is C10H19ClN2O2. The molecule has 4 nitrogen and oxygen atoms in total. The van der Waals surface area contributed by atoms with Gasteiger partial charge in [-0.2, -0.15) is 0 Å². The Labute approximate surface area is 96.5 Å².